The summed E-state index contributed by atoms with van der Waals surface area (Å²) in [6.45, 7) is 7.39. The van der Waals surface area contributed by atoms with E-state index < -0.39 is 5.60 Å². The molecule has 130 valence electrons. The maximum atomic E-state index is 10.7. The minimum Gasteiger partial charge on any atom is -0.387 e. The maximum absolute atomic E-state index is 10.7. The Kier molecular flexibility index (Phi) is 4.76. The molecule has 0 aliphatic carbocycles. The first kappa shape index (κ1) is 17.1. The highest BCUT2D eigenvalue weighted by Gasteiger charge is 2.36. The Morgan fingerprint density at radius 3 is 2.88 bits per heavy atom. The van der Waals surface area contributed by atoms with E-state index in [1.54, 1.807) is 0 Å². The molecule has 1 aromatic heterocycles. The summed E-state index contributed by atoms with van der Waals surface area (Å²) in [6, 6.07) is 6.50. The zero-order chi connectivity index (χ0) is 17.3. The molecule has 3 rings (SSSR count). The summed E-state index contributed by atoms with van der Waals surface area (Å²) < 4.78 is 0. The Balaban J connectivity index is 1.76. The maximum Gasteiger partial charge on any atom is 0.0912 e. The van der Waals surface area contributed by atoms with Crippen LogP contribution >= 0.6 is 0 Å². The molecule has 2 aromatic rings. The van der Waals surface area contributed by atoms with Gasteiger partial charge in [0.05, 0.1) is 17.5 Å². The van der Waals surface area contributed by atoms with Crippen LogP contribution in [0.1, 0.15) is 23.1 Å². The van der Waals surface area contributed by atoms with Gasteiger partial charge in [0.25, 0.3) is 0 Å². The monoisotopic (exact) mass is 328 g/mol. The lowest BCUT2D eigenvalue weighted by atomic mass is 10.0. The first-order chi connectivity index (χ1) is 11.4. The molecule has 1 atom stereocenters. The number of aromatic nitrogens is 2. The number of aromatic amines is 1. The number of nitrogens with one attached hydrogen (secondary N) is 1. The lowest BCUT2D eigenvalue weighted by molar-refractivity contribution is 0.0240. The van der Waals surface area contributed by atoms with Crippen molar-refractivity contribution >= 4 is 0 Å². The van der Waals surface area contributed by atoms with Crippen molar-refractivity contribution in [1.29, 1.82) is 0 Å². The van der Waals surface area contributed by atoms with Gasteiger partial charge >= 0.3 is 0 Å². The van der Waals surface area contributed by atoms with Crippen molar-refractivity contribution < 1.29 is 5.11 Å². The zero-order valence-corrected chi connectivity index (χ0v) is 15.1. The van der Waals surface area contributed by atoms with Crippen molar-refractivity contribution in [2.45, 2.75) is 32.4 Å². The van der Waals surface area contributed by atoms with E-state index in [2.05, 4.69) is 52.0 Å². The molecule has 1 saturated heterocycles. The Labute approximate surface area is 144 Å². The molecule has 24 heavy (non-hydrogen) atoms. The second-order valence-electron chi connectivity index (χ2n) is 7.51. The molecule has 0 spiro atoms. The highest BCUT2D eigenvalue weighted by Crippen LogP contribution is 2.29. The number of likely N-dealkylation sites (tertiary alicyclic amines) is 1. The fourth-order valence-corrected chi connectivity index (χ4v) is 3.70. The van der Waals surface area contributed by atoms with Crippen LogP contribution in [0.2, 0.25) is 0 Å². The quantitative estimate of drug-likeness (QED) is 0.883. The smallest absolute Gasteiger partial charge is 0.0912 e. The van der Waals surface area contributed by atoms with Crippen molar-refractivity contribution in [2.24, 2.45) is 0 Å². The van der Waals surface area contributed by atoms with E-state index in [4.69, 9.17) is 0 Å². The van der Waals surface area contributed by atoms with Crippen LogP contribution in [0.3, 0.4) is 0 Å². The largest absolute Gasteiger partial charge is 0.387 e. The van der Waals surface area contributed by atoms with Gasteiger partial charge in [0.2, 0.25) is 0 Å². The number of benzene rings is 1. The second kappa shape index (κ2) is 6.67. The molecule has 1 aromatic carbocycles. The topological polar surface area (TPSA) is 55.4 Å². The van der Waals surface area contributed by atoms with Gasteiger partial charge in [-0.05, 0) is 46.0 Å². The second-order valence-corrected chi connectivity index (χ2v) is 7.51. The molecular formula is C19H28N4O. The Bertz CT molecular complexity index is 709. The molecule has 0 saturated carbocycles. The van der Waals surface area contributed by atoms with E-state index in [1.165, 1.54) is 22.3 Å². The molecule has 0 amide bonds. The summed E-state index contributed by atoms with van der Waals surface area (Å²) in [5, 5.41) is 18.2. The molecule has 0 radical (unpaired) electrons. The van der Waals surface area contributed by atoms with Crippen LogP contribution in [0.25, 0.3) is 11.3 Å². The van der Waals surface area contributed by atoms with E-state index in [1.807, 2.05) is 20.3 Å². The summed E-state index contributed by atoms with van der Waals surface area (Å²) in [4.78, 5) is 4.38. The summed E-state index contributed by atoms with van der Waals surface area (Å²) in [5.74, 6) is 0. The van der Waals surface area contributed by atoms with E-state index in [9.17, 15) is 5.11 Å². The molecule has 1 aliphatic heterocycles. The first-order valence-electron chi connectivity index (χ1n) is 8.56. The van der Waals surface area contributed by atoms with Gasteiger partial charge in [-0.15, -0.1) is 0 Å². The van der Waals surface area contributed by atoms with Gasteiger partial charge in [-0.2, -0.15) is 5.10 Å². The zero-order valence-electron chi connectivity index (χ0n) is 15.1. The van der Waals surface area contributed by atoms with Crippen molar-refractivity contribution in [2.75, 3.05) is 33.7 Å². The van der Waals surface area contributed by atoms with Gasteiger partial charge in [0, 0.05) is 37.3 Å². The van der Waals surface area contributed by atoms with Crippen LogP contribution in [0.5, 0.6) is 0 Å². The van der Waals surface area contributed by atoms with Gasteiger partial charge in [-0.25, -0.2) is 0 Å². The molecule has 2 heterocycles. The summed E-state index contributed by atoms with van der Waals surface area (Å²) in [7, 11) is 4.02. The van der Waals surface area contributed by atoms with E-state index in [0.717, 1.165) is 25.2 Å². The Morgan fingerprint density at radius 2 is 2.12 bits per heavy atom. The third-order valence-electron chi connectivity index (χ3n) is 4.80. The normalized spacial score (nSPS) is 21.8. The van der Waals surface area contributed by atoms with Crippen LogP contribution in [-0.2, 0) is 6.54 Å². The van der Waals surface area contributed by atoms with Crippen LogP contribution < -0.4 is 0 Å². The molecule has 5 heteroatoms. The number of rotatable bonds is 5. The lowest BCUT2D eigenvalue weighted by Gasteiger charge is -2.26. The number of nitrogens with zero attached hydrogens (tertiary/aromatic N) is 3. The summed E-state index contributed by atoms with van der Waals surface area (Å²) in [5.41, 5.74) is 5.39. The summed E-state index contributed by atoms with van der Waals surface area (Å²) >= 11 is 0. The minimum absolute atomic E-state index is 0.605. The van der Waals surface area contributed by atoms with Crippen molar-refractivity contribution in [3.8, 4) is 11.3 Å². The Hall–Kier alpha value is -1.69. The number of H-pyrrole nitrogens is 1. The van der Waals surface area contributed by atoms with Gasteiger partial charge < -0.3 is 10.0 Å². The van der Waals surface area contributed by atoms with Crippen molar-refractivity contribution in [3.63, 3.8) is 0 Å². The van der Waals surface area contributed by atoms with Crippen molar-refractivity contribution in [1.82, 2.24) is 20.0 Å². The Morgan fingerprint density at radius 1 is 1.33 bits per heavy atom. The average Bonchev–Trinajstić information content (AvgIpc) is 3.08. The third kappa shape index (κ3) is 3.69. The van der Waals surface area contributed by atoms with Crippen LogP contribution in [0.4, 0.5) is 0 Å². The van der Waals surface area contributed by atoms with Crippen LogP contribution in [-0.4, -0.2) is 64.4 Å². The van der Waals surface area contributed by atoms with Crippen molar-refractivity contribution in [3.05, 3.63) is 41.1 Å². The molecule has 1 aliphatic rings. The SMILES string of the molecule is Cc1ccc(C)c(-c2[nH]ncc2CN2CC[C@@](O)(CN(C)C)C2)c1. The predicted molar refractivity (Wildman–Crippen MR) is 96.9 cm³/mol. The van der Waals surface area contributed by atoms with Gasteiger partial charge in [0.15, 0.2) is 0 Å². The number of likely N-dealkylation sites (N-methyl/N-ethyl adjacent to an activating group) is 1. The molecule has 0 bridgehead atoms. The summed E-state index contributed by atoms with van der Waals surface area (Å²) in [6.07, 6.45) is 2.74. The minimum atomic E-state index is -0.605. The highest BCUT2D eigenvalue weighted by molar-refractivity contribution is 5.67. The highest BCUT2D eigenvalue weighted by atomic mass is 16.3. The predicted octanol–water partition coefficient (Wildman–Crippen LogP) is 2.19. The number of hydrogen-bond acceptors (Lipinski definition) is 4. The third-order valence-corrected chi connectivity index (χ3v) is 4.80. The van der Waals surface area contributed by atoms with E-state index in [0.29, 0.717) is 13.1 Å². The van der Waals surface area contributed by atoms with Crippen LogP contribution in [0, 0.1) is 13.8 Å². The number of β-amino-alcohol motifs (C(OH)–C–C–N with tert-alkyl or cyclic N) is 1. The van der Waals surface area contributed by atoms with E-state index in [-0.39, 0.29) is 0 Å². The first-order valence-corrected chi connectivity index (χ1v) is 8.56. The number of aryl methyl sites for hydroxylation is 2. The fourth-order valence-electron chi connectivity index (χ4n) is 3.70. The number of aliphatic hydroxyl groups is 1. The number of hydrogen-bond donors (Lipinski definition) is 2. The molecule has 2 N–H and O–H groups in total. The van der Waals surface area contributed by atoms with Gasteiger partial charge in [-0.3, -0.25) is 10.00 Å². The fraction of sp³-hybridized carbons (Fsp3) is 0.526. The van der Waals surface area contributed by atoms with Gasteiger partial charge in [-0.1, -0.05) is 17.7 Å². The molecular weight excluding hydrogens is 300 g/mol. The standard InChI is InChI=1S/C19H28N4O/c1-14-5-6-15(2)17(9-14)18-16(10-20-21-18)11-23-8-7-19(24,13-23)12-22(3)4/h5-6,9-10,24H,7-8,11-13H2,1-4H3,(H,20,21)/t19-/m1/s1. The lowest BCUT2D eigenvalue weighted by Crippen LogP contribution is -2.42. The molecule has 5 nitrogen and oxygen atoms in total. The average molecular weight is 328 g/mol. The molecule has 0 unspecified atom stereocenters. The van der Waals surface area contributed by atoms with E-state index >= 15 is 0 Å². The van der Waals surface area contributed by atoms with Crippen LogP contribution in [0.15, 0.2) is 24.4 Å². The molecule has 1 fully saturated rings. The van der Waals surface area contributed by atoms with Gasteiger partial charge in [0.1, 0.15) is 0 Å².